The van der Waals surface area contributed by atoms with Gasteiger partial charge in [-0.3, -0.25) is 9.59 Å². The Morgan fingerprint density at radius 1 is 0.909 bits per heavy atom. The lowest BCUT2D eigenvalue weighted by atomic mass is 9.95. The van der Waals surface area contributed by atoms with Crippen molar-refractivity contribution in [1.29, 1.82) is 0 Å². The van der Waals surface area contributed by atoms with Crippen LogP contribution < -0.4 is 5.32 Å². The number of carbonyl (C=O) groups is 3. The number of nitrogens with one attached hydrogen (secondary N) is 1. The summed E-state index contributed by atoms with van der Waals surface area (Å²) in [5, 5.41) is 11.7. The molecule has 2 atom stereocenters. The van der Waals surface area contributed by atoms with Crippen LogP contribution in [0.3, 0.4) is 0 Å². The molecule has 2 rings (SSSR count). The zero-order valence-electron chi connectivity index (χ0n) is 19.5. The first kappa shape index (κ1) is 25.9. The summed E-state index contributed by atoms with van der Waals surface area (Å²) < 4.78 is 9.76. The zero-order valence-corrected chi connectivity index (χ0v) is 19.5. The Morgan fingerprint density at radius 2 is 1.55 bits per heavy atom. The average Bonchev–Trinajstić information content (AvgIpc) is 2.77. The molecule has 0 unspecified atom stereocenters. The monoisotopic (exact) mass is 455 g/mol. The fourth-order valence-electron chi connectivity index (χ4n) is 3.55. The molecule has 7 nitrogen and oxygen atoms in total. The van der Waals surface area contributed by atoms with Crippen molar-refractivity contribution in [3.05, 3.63) is 60.2 Å². The van der Waals surface area contributed by atoms with E-state index in [1.165, 1.54) is 0 Å². The number of hydrogen-bond donors (Lipinski definition) is 2. The summed E-state index contributed by atoms with van der Waals surface area (Å²) >= 11 is 0. The molecular formula is C26H33NO6. The fraction of sp³-hybridized carbons (Fsp3) is 0.423. The van der Waals surface area contributed by atoms with Gasteiger partial charge in [0.2, 0.25) is 5.91 Å². The average molecular weight is 456 g/mol. The van der Waals surface area contributed by atoms with Crippen molar-refractivity contribution in [2.45, 2.75) is 58.6 Å². The largest absolute Gasteiger partial charge is 0.505 e. The van der Waals surface area contributed by atoms with Crippen LogP contribution in [0.1, 0.15) is 45.6 Å². The molecule has 0 aliphatic heterocycles. The highest BCUT2D eigenvalue weighted by molar-refractivity contribution is 5.81. The maximum absolute atomic E-state index is 12.5. The van der Waals surface area contributed by atoms with Crippen LogP contribution in [0.15, 0.2) is 54.6 Å². The second-order valence-electron chi connectivity index (χ2n) is 8.49. The van der Waals surface area contributed by atoms with Crippen molar-refractivity contribution in [3.63, 3.8) is 0 Å². The molecule has 1 amide bonds. The molecule has 0 aliphatic rings. The Kier molecular flexibility index (Phi) is 10.4. The number of carbonyl (C=O) groups excluding carboxylic acids is 2. The van der Waals surface area contributed by atoms with Crippen LogP contribution in [0, 0.1) is 5.92 Å². The Bertz CT molecular complexity index is 895. The molecule has 0 aliphatic carbocycles. The molecule has 0 saturated carbocycles. The third-order valence-corrected chi connectivity index (χ3v) is 5.01. The Balaban J connectivity index is 2.01. The number of benzene rings is 2. The highest BCUT2D eigenvalue weighted by Crippen LogP contribution is 2.21. The molecule has 0 heterocycles. The van der Waals surface area contributed by atoms with Crippen LogP contribution in [-0.2, 0) is 25.5 Å². The van der Waals surface area contributed by atoms with E-state index in [1.54, 1.807) is 13.8 Å². The minimum atomic E-state index is -1.32. The van der Waals surface area contributed by atoms with Crippen LogP contribution >= 0.6 is 0 Å². The van der Waals surface area contributed by atoms with Gasteiger partial charge >= 0.3 is 12.1 Å². The summed E-state index contributed by atoms with van der Waals surface area (Å²) in [6.07, 6.45) is -0.371. The first-order valence-electron chi connectivity index (χ1n) is 11.2. The van der Waals surface area contributed by atoms with E-state index in [1.807, 2.05) is 61.5 Å². The smallest absolute Gasteiger partial charge is 0.463 e. The number of carboxylic acid groups (broad SMARTS) is 1. The third kappa shape index (κ3) is 10.2. The van der Waals surface area contributed by atoms with Gasteiger partial charge in [0.25, 0.3) is 0 Å². The van der Waals surface area contributed by atoms with Gasteiger partial charge in [-0.25, -0.2) is 4.79 Å². The van der Waals surface area contributed by atoms with E-state index in [0.717, 1.165) is 16.7 Å². The first-order valence-corrected chi connectivity index (χ1v) is 11.2. The van der Waals surface area contributed by atoms with Crippen molar-refractivity contribution >= 4 is 18.0 Å². The van der Waals surface area contributed by atoms with Crippen molar-refractivity contribution in [1.82, 2.24) is 5.32 Å². The number of amides is 1. The van der Waals surface area contributed by atoms with E-state index < -0.39 is 12.1 Å². The molecule has 0 spiro atoms. The van der Waals surface area contributed by atoms with Gasteiger partial charge < -0.3 is 19.9 Å². The molecule has 0 saturated heterocycles. The van der Waals surface area contributed by atoms with Gasteiger partial charge in [-0.2, -0.15) is 0 Å². The van der Waals surface area contributed by atoms with Crippen molar-refractivity contribution < 1.29 is 29.0 Å². The van der Waals surface area contributed by atoms with Gasteiger partial charge in [0.15, 0.2) is 0 Å². The fourth-order valence-corrected chi connectivity index (χ4v) is 3.55. The normalized spacial score (nSPS) is 12.6. The van der Waals surface area contributed by atoms with Gasteiger partial charge in [-0.1, -0.05) is 61.5 Å². The summed E-state index contributed by atoms with van der Waals surface area (Å²) in [7, 11) is 0. The SMILES string of the molecule is CC(C)OC(=O)CCC(=O)N[C@H](Cc1ccc(-c2ccccc2)cc1)C[C@@H](C)COC(=O)O. The van der Waals surface area contributed by atoms with Crippen LogP contribution in [0.4, 0.5) is 4.79 Å². The standard InChI is InChI=1S/C26H33NO6/c1-18(2)33-25(29)14-13-24(28)27-23(15-19(3)17-32-26(30)31)16-20-9-11-22(12-10-20)21-7-5-4-6-8-21/h4-12,18-19,23H,13-17H2,1-3H3,(H,27,28)(H,30,31)/t19-,23+/m1/s1. The van der Waals surface area contributed by atoms with Crippen LogP contribution in [0.5, 0.6) is 0 Å². The Hall–Kier alpha value is -3.35. The predicted molar refractivity (Wildman–Crippen MR) is 126 cm³/mol. The maximum atomic E-state index is 12.5. The molecule has 0 radical (unpaired) electrons. The molecule has 33 heavy (non-hydrogen) atoms. The maximum Gasteiger partial charge on any atom is 0.505 e. The molecule has 0 aromatic heterocycles. The van der Waals surface area contributed by atoms with Gasteiger partial charge in [-0.05, 0) is 49.3 Å². The lowest BCUT2D eigenvalue weighted by Gasteiger charge is -2.22. The number of hydrogen-bond acceptors (Lipinski definition) is 5. The summed E-state index contributed by atoms with van der Waals surface area (Å²) in [5.74, 6) is -0.731. The lowest BCUT2D eigenvalue weighted by Crippen LogP contribution is -2.38. The van der Waals surface area contributed by atoms with E-state index >= 15 is 0 Å². The van der Waals surface area contributed by atoms with Crippen molar-refractivity contribution in [2.24, 2.45) is 5.92 Å². The van der Waals surface area contributed by atoms with E-state index in [9.17, 15) is 14.4 Å². The van der Waals surface area contributed by atoms with Crippen molar-refractivity contribution in [2.75, 3.05) is 6.61 Å². The Labute approximate surface area is 195 Å². The van der Waals surface area contributed by atoms with Crippen LogP contribution in [-0.4, -0.2) is 41.9 Å². The molecule has 7 heteroatoms. The quantitative estimate of drug-likeness (QED) is 0.444. The van der Waals surface area contributed by atoms with E-state index in [4.69, 9.17) is 9.84 Å². The van der Waals surface area contributed by atoms with Crippen LogP contribution in [0.25, 0.3) is 11.1 Å². The molecule has 2 N–H and O–H groups in total. The topological polar surface area (TPSA) is 102 Å². The number of esters is 1. The summed E-state index contributed by atoms with van der Waals surface area (Å²) in [5.41, 5.74) is 3.28. The van der Waals surface area contributed by atoms with Crippen LogP contribution in [0.2, 0.25) is 0 Å². The molecule has 2 aromatic carbocycles. The molecule has 2 aromatic rings. The highest BCUT2D eigenvalue weighted by atomic mass is 16.7. The minimum Gasteiger partial charge on any atom is -0.463 e. The van der Waals surface area contributed by atoms with E-state index in [-0.39, 0.29) is 43.4 Å². The molecule has 178 valence electrons. The summed E-state index contributed by atoms with van der Waals surface area (Å²) in [6, 6.07) is 18.0. The lowest BCUT2D eigenvalue weighted by molar-refractivity contribution is -0.148. The third-order valence-electron chi connectivity index (χ3n) is 5.01. The van der Waals surface area contributed by atoms with E-state index in [0.29, 0.717) is 12.8 Å². The minimum absolute atomic E-state index is 0.0141. The molecular weight excluding hydrogens is 422 g/mol. The Morgan fingerprint density at radius 3 is 2.15 bits per heavy atom. The highest BCUT2D eigenvalue weighted by Gasteiger charge is 2.19. The first-order chi connectivity index (χ1) is 15.7. The zero-order chi connectivity index (χ0) is 24.2. The van der Waals surface area contributed by atoms with Gasteiger partial charge in [0.05, 0.1) is 19.1 Å². The second kappa shape index (κ2) is 13.3. The van der Waals surface area contributed by atoms with Gasteiger partial charge in [-0.15, -0.1) is 0 Å². The van der Waals surface area contributed by atoms with E-state index in [2.05, 4.69) is 10.1 Å². The van der Waals surface area contributed by atoms with Gasteiger partial charge in [0, 0.05) is 12.5 Å². The van der Waals surface area contributed by atoms with Gasteiger partial charge in [0.1, 0.15) is 0 Å². The van der Waals surface area contributed by atoms with Crippen molar-refractivity contribution in [3.8, 4) is 11.1 Å². The second-order valence-corrected chi connectivity index (χ2v) is 8.49. The predicted octanol–water partition coefficient (Wildman–Crippen LogP) is 4.83. The number of ether oxygens (including phenoxy) is 2. The summed E-state index contributed by atoms with van der Waals surface area (Å²) in [4.78, 5) is 34.9. The number of rotatable bonds is 12. The molecule has 0 bridgehead atoms. The summed E-state index contributed by atoms with van der Waals surface area (Å²) in [6.45, 7) is 5.45. The molecule has 0 fully saturated rings.